The van der Waals surface area contributed by atoms with Crippen LogP contribution in [0.1, 0.15) is 36.7 Å². The predicted octanol–water partition coefficient (Wildman–Crippen LogP) is 2.57. The van der Waals surface area contributed by atoms with Crippen molar-refractivity contribution in [1.29, 1.82) is 0 Å². The van der Waals surface area contributed by atoms with Gasteiger partial charge in [0.2, 0.25) is 0 Å². The van der Waals surface area contributed by atoms with E-state index in [1.165, 1.54) is 5.56 Å². The van der Waals surface area contributed by atoms with Gasteiger partial charge in [-0.1, -0.05) is 30.3 Å². The zero-order chi connectivity index (χ0) is 21.0. The third kappa shape index (κ3) is 5.23. The molecular weight excluding hydrogens is 366 g/mol. The molecule has 0 aliphatic carbocycles. The molecule has 29 heavy (non-hydrogen) atoms. The number of benzene rings is 1. The average molecular weight is 398 g/mol. The van der Waals surface area contributed by atoms with Crippen LogP contribution in [0, 0.1) is 13.8 Å². The Morgan fingerprint density at radius 2 is 1.79 bits per heavy atom. The zero-order valence-electron chi connectivity index (χ0n) is 17.8. The van der Waals surface area contributed by atoms with Crippen molar-refractivity contribution in [2.24, 2.45) is 0 Å². The fourth-order valence-electron chi connectivity index (χ4n) is 3.73. The van der Waals surface area contributed by atoms with E-state index in [0.29, 0.717) is 17.1 Å². The number of carbonyl (C=O) groups excluding carboxylic acids is 1. The number of likely N-dealkylation sites (N-methyl/N-ethyl adjacent to an activating group) is 1. The van der Waals surface area contributed by atoms with E-state index in [-0.39, 0.29) is 18.0 Å². The molecule has 2 N–H and O–H groups in total. The Hall–Kier alpha value is -2.67. The fraction of sp³-hybridized carbons (Fsp3) is 0.500. The van der Waals surface area contributed by atoms with Gasteiger partial charge in [-0.25, -0.2) is 0 Å². The van der Waals surface area contributed by atoms with E-state index < -0.39 is 6.10 Å². The molecule has 3 rings (SSSR count). The Morgan fingerprint density at radius 3 is 2.38 bits per heavy atom. The number of anilines is 1. The minimum absolute atomic E-state index is 0.0535. The van der Waals surface area contributed by atoms with E-state index in [9.17, 15) is 4.79 Å². The monoisotopic (exact) mass is 397 g/mol. The number of rotatable bonds is 6. The summed E-state index contributed by atoms with van der Waals surface area (Å²) in [7, 11) is 1.86. The Bertz CT molecular complexity index is 811. The first-order valence-electron chi connectivity index (χ1n) is 10.2. The number of carbonyl (C=O) groups is 1. The third-order valence-corrected chi connectivity index (χ3v) is 5.64. The van der Waals surface area contributed by atoms with E-state index in [1.807, 2.05) is 18.0 Å². The van der Waals surface area contributed by atoms with Crippen LogP contribution in [0.5, 0.6) is 6.01 Å². The first kappa shape index (κ1) is 21.0. The number of aryl methyl sites for hydroxylation is 2. The van der Waals surface area contributed by atoms with Crippen LogP contribution in [0.15, 0.2) is 30.3 Å². The molecular formula is C22H31N5O2. The number of amides is 1. The highest BCUT2D eigenvalue weighted by molar-refractivity contribution is 5.80. The Kier molecular flexibility index (Phi) is 6.69. The first-order chi connectivity index (χ1) is 13.8. The molecule has 1 atom stereocenters. The maximum Gasteiger partial charge on any atom is 0.317 e. The van der Waals surface area contributed by atoms with E-state index in [1.54, 1.807) is 20.8 Å². The second-order valence-corrected chi connectivity index (χ2v) is 7.79. The van der Waals surface area contributed by atoms with Crippen molar-refractivity contribution in [2.75, 3.05) is 25.9 Å². The molecule has 2 heterocycles. The van der Waals surface area contributed by atoms with Gasteiger partial charge >= 0.3 is 6.01 Å². The van der Waals surface area contributed by atoms with Crippen molar-refractivity contribution in [3.8, 4) is 6.01 Å². The molecule has 7 heteroatoms. The summed E-state index contributed by atoms with van der Waals surface area (Å²) in [4.78, 5) is 25.6. The lowest BCUT2D eigenvalue weighted by atomic mass is 10.0. The topological polar surface area (TPSA) is 84.6 Å². The predicted molar refractivity (Wildman–Crippen MR) is 114 cm³/mol. The van der Waals surface area contributed by atoms with E-state index >= 15 is 0 Å². The summed E-state index contributed by atoms with van der Waals surface area (Å²) in [6.07, 6.45) is 1.27. The molecule has 1 fully saturated rings. The van der Waals surface area contributed by atoms with Gasteiger partial charge in [0.25, 0.3) is 5.91 Å². The number of likely N-dealkylation sites (tertiary alicyclic amines) is 1. The van der Waals surface area contributed by atoms with Gasteiger partial charge in [0.15, 0.2) is 6.10 Å². The minimum Gasteiger partial charge on any atom is -0.450 e. The zero-order valence-corrected chi connectivity index (χ0v) is 17.8. The number of piperidine rings is 1. The van der Waals surface area contributed by atoms with Gasteiger partial charge in [-0.15, -0.1) is 0 Å². The normalized spacial score (nSPS) is 16.4. The molecule has 156 valence electrons. The van der Waals surface area contributed by atoms with Crippen LogP contribution in [-0.4, -0.2) is 58.0 Å². The molecule has 1 aromatic carbocycles. The highest BCUT2D eigenvalue weighted by Gasteiger charge is 2.29. The standard InChI is InChI=1S/C22H31N5O2/c1-15-20(23)16(2)25-22(24-15)29-17(3)21(28)26(4)19-10-12-27(13-11-19)14-18-8-6-5-7-9-18/h5-9,17,19H,10-14,23H2,1-4H3/t17-/m1/s1. The lowest BCUT2D eigenvalue weighted by molar-refractivity contribution is -0.139. The number of hydrogen-bond donors (Lipinski definition) is 1. The molecule has 2 aromatic rings. The third-order valence-electron chi connectivity index (χ3n) is 5.64. The highest BCUT2D eigenvalue weighted by atomic mass is 16.5. The molecule has 7 nitrogen and oxygen atoms in total. The summed E-state index contributed by atoms with van der Waals surface area (Å²) in [6, 6.07) is 10.9. The lowest BCUT2D eigenvalue weighted by Gasteiger charge is -2.37. The Labute approximate surface area is 172 Å². The minimum atomic E-state index is -0.648. The average Bonchev–Trinajstić information content (AvgIpc) is 2.72. The maximum absolute atomic E-state index is 12.9. The van der Waals surface area contributed by atoms with Crippen LogP contribution in [0.3, 0.4) is 0 Å². The van der Waals surface area contributed by atoms with Crippen LogP contribution < -0.4 is 10.5 Å². The van der Waals surface area contributed by atoms with Crippen LogP contribution >= 0.6 is 0 Å². The maximum atomic E-state index is 12.9. The molecule has 0 bridgehead atoms. The second kappa shape index (κ2) is 9.22. The summed E-state index contributed by atoms with van der Waals surface area (Å²) in [5.74, 6) is -0.0535. The van der Waals surface area contributed by atoms with Crippen molar-refractivity contribution in [1.82, 2.24) is 19.8 Å². The number of ether oxygens (including phenoxy) is 1. The van der Waals surface area contributed by atoms with Gasteiger partial charge < -0.3 is 15.4 Å². The fourth-order valence-corrected chi connectivity index (χ4v) is 3.73. The quantitative estimate of drug-likeness (QED) is 0.806. The molecule has 1 aliphatic heterocycles. The molecule has 0 unspecified atom stereocenters. The number of nitrogens with zero attached hydrogens (tertiary/aromatic N) is 4. The molecule has 1 aromatic heterocycles. The van der Waals surface area contributed by atoms with Crippen LogP contribution in [0.2, 0.25) is 0 Å². The molecule has 1 aliphatic rings. The van der Waals surface area contributed by atoms with Crippen LogP contribution in [0.4, 0.5) is 5.69 Å². The van der Waals surface area contributed by atoms with Gasteiger partial charge in [0.05, 0.1) is 17.1 Å². The molecule has 0 spiro atoms. The largest absolute Gasteiger partial charge is 0.450 e. The van der Waals surface area contributed by atoms with Crippen LogP contribution in [-0.2, 0) is 11.3 Å². The summed E-state index contributed by atoms with van der Waals surface area (Å²) in [6.45, 7) is 8.26. The summed E-state index contributed by atoms with van der Waals surface area (Å²) >= 11 is 0. The first-order valence-corrected chi connectivity index (χ1v) is 10.2. The van der Waals surface area contributed by atoms with Crippen molar-refractivity contribution in [3.63, 3.8) is 0 Å². The van der Waals surface area contributed by atoms with E-state index in [4.69, 9.17) is 10.5 Å². The van der Waals surface area contributed by atoms with Crippen LogP contribution in [0.25, 0.3) is 0 Å². The second-order valence-electron chi connectivity index (χ2n) is 7.79. The van der Waals surface area contributed by atoms with Gasteiger partial charge in [-0.3, -0.25) is 9.69 Å². The van der Waals surface area contributed by atoms with E-state index in [0.717, 1.165) is 32.5 Å². The highest BCUT2D eigenvalue weighted by Crippen LogP contribution is 2.20. The van der Waals surface area contributed by atoms with Gasteiger partial charge in [0, 0.05) is 32.7 Å². The molecule has 1 saturated heterocycles. The van der Waals surface area contributed by atoms with Gasteiger partial charge in [0.1, 0.15) is 0 Å². The molecule has 0 saturated carbocycles. The number of nitrogen functional groups attached to an aromatic ring is 1. The summed E-state index contributed by atoms with van der Waals surface area (Å²) < 4.78 is 5.73. The summed E-state index contributed by atoms with van der Waals surface area (Å²) in [5.41, 5.74) is 9.08. The van der Waals surface area contributed by atoms with Gasteiger partial charge in [-0.05, 0) is 39.2 Å². The Morgan fingerprint density at radius 1 is 1.21 bits per heavy atom. The molecule has 0 radical (unpaired) electrons. The van der Waals surface area contributed by atoms with Crippen molar-refractivity contribution in [3.05, 3.63) is 47.3 Å². The van der Waals surface area contributed by atoms with Gasteiger partial charge in [-0.2, -0.15) is 9.97 Å². The smallest absolute Gasteiger partial charge is 0.317 e. The summed E-state index contributed by atoms with van der Waals surface area (Å²) in [5, 5.41) is 0. The van der Waals surface area contributed by atoms with Crippen molar-refractivity contribution < 1.29 is 9.53 Å². The number of nitrogens with two attached hydrogens (primary N) is 1. The number of aromatic nitrogens is 2. The Balaban J connectivity index is 1.52. The van der Waals surface area contributed by atoms with Crippen molar-refractivity contribution in [2.45, 2.75) is 52.3 Å². The lowest BCUT2D eigenvalue weighted by Crippen LogP contribution is -2.48. The molecule has 1 amide bonds. The SMILES string of the molecule is Cc1nc(O[C@H](C)C(=O)N(C)C2CCN(Cc3ccccc3)CC2)nc(C)c1N. The van der Waals surface area contributed by atoms with Crippen molar-refractivity contribution >= 4 is 11.6 Å². The number of hydrogen-bond acceptors (Lipinski definition) is 6. The van der Waals surface area contributed by atoms with E-state index in [2.05, 4.69) is 39.1 Å².